The zero-order valence-electron chi connectivity index (χ0n) is 19.4. The van der Waals surface area contributed by atoms with E-state index in [-0.39, 0.29) is 47.8 Å². The Morgan fingerprint density at radius 2 is 1.72 bits per heavy atom. The van der Waals surface area contributed by atoms with Crippen molar-refractivity contribution in [3.63, 3.8) is 0 Å². The number of guanidine groups is 1. The lowest BCUT2D eigenvalue weighted by Crippen LogP contribution is -2.57. The molecule has 0 saturated carbocycles. The van der Waals surface area contributed by atoms with Crippen LogP contribution in [-0.4, -0.2) is 92.1 Å². The van der Waals surface area contributed by atoms with Crippen LogP contribution < -0.4 is 5.32 Å². The number of ether oxygens (including phenoxy) is 1. The zero-order valence-corrected chi connectivity index (χ0v) is 21.8. The molecule has 2 saturated heterocycles. The fourth-order valence-corrected chi connectivity index (χ4v) is 4.27. The van der Waals surface area contributed by atoms with E-state index >= 15 is 0 Å². The van der Waals surface area contributed by atoms with Crippen LogP contribution in [0.5, 0.6) is 0 Å². The van der Waals surface area contributed by atoms with Gasteiger partial charge in [-0.25, -0.2) is 4.39 Å². The topological polar surface area (TPSA) is 60.4 Å². The molecule has 1 aromatic carbocycles. The van der Waals surface area contributed by atoms with E-state index in [1.807, 2.05) is 11.8 Å². The smallest absolute Gasteiger partial charge is 0.239 e. The first-order valence-corrected chi connectivity index (χ1v) is 11.4. The van der Waals surface area contributed by atoms with Crippen molar-refractivity contribution in [2.45, 2.75) is 38.8 Å². The van der Waals surface area contributed by atoms with Crippen molar-refractivity contribution in [3.05, 3.63) is 35.6 Å². The standard InChI is InChI=1S/C23H36FN5O2.HI/c1-4-25-23(26-17-21(31-3)19-7-9-20(24)10-8-19)29-15-13-27(14-16-29)18(2)22(30)28-11-5-6-12-28;/h7-10,18,21H,4-6,11-17H2,1-3H3,(H,25,26);1H. The Kier molecular flexibility index (Phi) is 11.1. The Morgan fingerprint density at radius 1 is 1.09 bits per heavy atom. The summed E-state index contributed by atoms with van der Waals surface area (Å²) in [4.78, 5) is 24.0. The third kappa shape index (κ3) is 7.02. The number of amides is 1. The molecule has 3 rings (SSSR count). The summed E-state index contributed by atoms with van der Waals surface area (Å²) < 4.78 is 18.8. The first-order valence-electron chi connectivity index (χ1n) is 11.4. The SMILES string of the molecule is CCNC(=NCC(OC)c1ccc(F)cc1)N1CCN(C(C)C(=O)N2CCCC2)CC1.I. The molecule has 0 radical (unpaired) electrons. The van der Waals surface area contributed by atoms with Crippen molar-refractivity contribution >= 4 is 35.8 Å². The van der Waals surface area contributed by atoms with Crippen LogP contribution in [0.1, 0.15) is 38.4 Å². The van der Waals surface area contributed by atoms with Gasteiger partial charge in [0.25, 0.3) is 0 Å². The van der Waals surface area contributed by atoms with Crippen molar-refractivity contribution in [2.75, 3.05) is 59.5 Å². The van der Waals surface area contributed by atoms with E-state index in [9.17, 15) is 9.18 Å². The molecule has 7 nitrogen and oxygen atoms in total. The van der Waals surface area contributed by atoms with Crippen molar-refractivity contribution in [1.29, 1.82) is 0 Å². The Morgan fingerprint density at radius 3 is 2.28 bits per heavy atom. The molecular formula is C23H37FIN5O2. The molecule has 2 heterocycles. The van der Waals surface area contributed by atoms with E-state index < -0.39 is 0 Å². The van der Waals surface area contributed by atoms with Gasteiger partial charge in [0.1, 0.15) is 11.9 Å². The largest absolute Gasteiger partial charge is 0.375 e. The monoisotopic (exact) mass is 561 g/mol. The third-order valence-corrected chi connectivity index (χ3v) is 6.20. The lowest BCUT2D eigenvalue weighted by Gasteiger charge is -2.39. The zero-order chi connectivity index (χ0) is 22.2. The predicted octanol–water partition coefficient (Wildman–Crippen LogP) is 2.73. The second-order valence-electron chi connectivity index (χ2n) is 8.20. The summed E-state index contributed by atoms with van der Waals surface area (Å²) in [5.74, 6) is 0.851. The van der Waals surface area contributed by atoms with Crippen molar-refractivity contribution < 1.29 is 13.9 Å². The highest BCUT2D eigenvalue weighted by Gasteiger charge is 2.30. The normalized spacial score (nSPS) is 19.4. The van der Waals surface area contributed by atoms with Gasteiger partial charge < -0.3 is 19.9 Å². The number of nitrogens with zero attached hydrogens (tertiary/aromatic N) is 4. The van der Waals surface area contributed by atoms with Crippen LogP contribution in [0.2, 0.25) is 0 Å². The molecule has 9 heteroatoms. The predicted molar refractivity (Wildman–Crippen MR) is 136 cm³/mol. The highest BCUT2D eigenvalue weighted by Crippen LogP contribution is 2.18. The van der Waals surface area contributed by atoms with E-state index in [0.29, 0.717) is 6.54 Å². The van der Waals surface area contributed by atoms with Crippen LogP contribution in [-0.2, 0) is 9.53 Å². The van der Waals surface area contributed by atoms with Gasteiger partial charge in [0.15, 0.2) is 5.96 Å². The van der Waals surface area contributed by atoms with Crippen LogP contribution in [0.15, 0.2) is 29.3 Å². The first-order chi connectivity index (χ1) is 15.0. The van der Waals surface area contributed by atoms with Gasteiger partial charge in [-0.1, -0.05) is 12.1 Å². The van der Waals surface area contributed by atoms with Gasteiger partial charge in [0, 0.05) is 52.9 Å². The number of hydrogen-bond donors (Lipinski definition) is 1. The van der Waals surface area contributed by atoms with E-state index in [2.05, 4.69) is 22.0 Å². The van der Waals surface area contributed by atoms with Crippen molar-refractivity contribution in [2.24, 2.45) is 4.99 Å². The molecule has 2 aliphatic heterocycles. The molecule has 0 bridgehead atoms. The van der Waals surface area contributed by atoms with E-state index in [1.165, 1.54) is 12.1 Å². The summed E-state index contributed by atoms with van der Waals surface area (Å²) in [7, 11) is 1.65. The van der Waals surface area contributed by atoms with E-state index in [1.54, 1.807) is 19.2 Å². The molecule has 0 aliphatic carbocycles. The molecule has 180 valence electrons. The highest BCUT2D eigenvalue weighted by atomic mass is 127. The lowest BCUT2D eigenvalue weighted by atomic mass is 10.1. The fraction of sp³-hybridized carbons (Fsp3) is 0.652. The molecule has 2 unspecified atom stereocenters. The Bertz CT molecular complexity index is 734. The summed E-state index contributed by atoms with van der Waals surface area (Å²) in [5, 5.41) is 3.37. The van der Waals surface area contributed by atoms with Crippen molar-refractivity contribution in [1.82, 2.24) is 20.0 Å². The summed E-state index contributed by atoms with van der Waals surface area (Å²) in [6.45, 7) is 10.4. The number of aliphatic imine (C=N–C) groups is 1. The number of rotatable bonds is 7. The van der Waals surface area contributed by atoms with Gasteiger partial charge >= 0.3 is 0 Å². The lowest BCUT2D eigenvalue weighted by molar-refractivity contribution is -0.135. The summed E-state index contributed by atoms with van der Waals surface area (Å²) in [5.41, 5.74) is 0.905. The Balaban J connectivity index is 0.00000363. The van der Waals surface area contributed by atoms with Crippen molar-refractivity contribution in [3.8, 4) is 0 Å². The molecule has 1 amide bonds. The van der Waals surface area contributed by atoms with E-state index in [4.69, 9.17) is 9.73 Å². The molecule has 2 aliphatic rings. The first kappa shape index (κ1) is 26.8. The summed E-state index contributed by atoms with van der Waals surface area (Å²) in [6.07, 6.45) is 2.01. The number of carbonyl (C=O) groups excluding carboxylic acids is 1. The second kappa shape index (κ2) is 13.3. The molecule has 2 atom stereocenters. The molecule has 0 aromatic heterocycles. The number of halogens is 2. The van der Waals surface area contributed by atoms with Gasteiger partial charge in [-0.2, -0.15) is 0 Å². The van der Waals surface area contributed by atoms with Gasteiger partial charge in [0.05, 0.1) is 12.6 Å². The quantitative estimate of drug-likeness (QED) is 0.315. The molecular weight excluding hydrogens is 524 g/mol. The van der Waals surface area contributed by atoms with Crippen LogP contribution >= 0.6 is 24.0 Å². The Hall–Kier alpha value is -1.46. The van der Waals surface area contributed by atoms with Crippen LogP contribution in [0.3, 0.4) is 0 Å². The highest BCUT2D eigenvalue weighted by molar-refractivity contribution is 14.0. The number of likely N-dealkylation sites (tertiary alicyclic amines) is 1. The van der Waals surface area contributed by atoms with Crippen LogP contribution in [0.4, 0.5) is 4.39 Å². The maximum absolute atomic E-state index is 13.2. The average Bonchev–Trinajstić information content (AvgIpc) is 3.34. The molecule has 1 N–H and O–H groups in total. The molecule has 2 fully saturated rings. The summed E-state index contributed by atoms with van der Waals surface area (Å²) in [6, 6.07) is 6.30. The minimum Gasteiger partial charge on any atom is -0.375 e. The average molecular weight is 561 g/mol. The number of nitrogens with one attached hydrogen (secondary N) is 1. The maximum atomic E-state index is 13.2. The molecule has 1 aromatic rings. The van der Waals surface area contributed by atoms with E-state index in [0.717, 1.165) is 70.2 Å². The number of hydrogen-bond acceptors (Lipinski definition) is 4. The Labute approximate surface area is 208 Å². The molecule has 0 spiro atoms. The third-order valence-electron chi connectivity index (χ3n) is 6.20. The van der Waals surface area contributed by atoms with Gasteiger partial charge in [-0.3, -0.25) is 14.7 Å². The van der Waals surface area contributed by atoms with Gasteiger partial charge in [0.2, 0.25) is 5.91 Å². The second-order valence-corrected chi connectivity index (χ2v) is 8.20. The van der Waals surface area contributed by atoms with Gasteiger partial charge in [-0.05, 0) is 44.4 Å². The number of piperazine rings is 1. The number of carbonyl (C=O) groups is 1. The minimum atomic E-state index is -0.259. The molecule has 32 heavy (non-hydrogen) atoms. The summed E-state index contributed by atoms with van der Waals surface area (Å²) >= 11 is 0. The number of methoxy groups -OCH3 is 1. The minimum absolute atomic E-state index is 0. The number of benzene rings is 1. The van der Waals surface area contributed by atoms with Crippen LogP contribution in [0.25, 0.3) is 0 Å². The van der Waals surface area contributed by atoms with Crippen LogP contribution in [0, 0.1) is 5.82 Å². The maximum Gasteiger partial charge on any atom is 0.239 e. The fourth-order valence-electron chi connectivity index (χ4n) is 4.27. The van der Waals surface area contributed by atoms with Gasteiger partial charge in [-0.15, -0.1) is 24.0 Å².